The third-order valence-electron chi connectivity index (χ3n) is 11.1. The Labute approximate surface area is 437 Å². The highest BCUT2D eigenvalue weighted by molar-refractivity contribution is 7.90. The Morgan fingerprint density at radius 1 is 0.773 bits per heavy atom. The molecule has 400 valence electrons. The molecule has 2 amide bonds. The molecule has 0 saturated heterocycles. The van der Waals surface area contributed by atoms with Crippen LogP contribution in [0.2, 0.25) is 0 Å². The van der Waals surface area contributed by atoms with Crippen LogP contribution in [-0.4, -0.2) is 79.1 Å². The van der Waals surface area contributed by atoms with Crippen LogP contribution in [0.5, 0.6) is 5.88 Å². The van der Waals surface area contributed by atoms with Gasteiger partial charge in [0.05, 0.1) is 24.7 Å². The third kappa shape index (κ3) is 15.4. The Morgan fingerprint density at radius 2 is 1.31 bits per heavy atom. The highest BCUT2D eigenvalue weighted by atomic mass is 32.2. The van der Waals surface area contributed by atoms with Crippen LogP contribution in [0.15, 0.2) is 124 Å². The van der Waals surface area contributed by atoms with Crippen molar-refractivity contribution in [1.82, 2.24) is 34.3 Å². The molecule has 0 spiro atoms. The van der Waals surface area contributed by atoms with Crippen LogP contribution in [0.25, 0.3) is 22.3 Å². The average molecular weight is 1070 g/mol. The second-order valence-electron chi connectivity index (χ2n) is 18.4. The normalized spacial score (nSPS) is 11.8. The number of hydrogen-bond donors (Lipinski definition) is 3. The van der Waals surface area contributed by atoms with Crippen LogP contribution >= 0.6 is 0 Å². The quantitative estimate of drug-likeness (QED) is 0.0401. The van der Waals surface area contributed by atoms with Gasteiger partial charge in [-0.2, -0.15) is 27.0 Å². The van der Waals surface area contributed by atoms with Crippen molar-refractivity contribution in [2.45, 2.75) is 103 Å². The molecule has 0 saturated carbocycles. The zero-order chi connectivity index (χ0) is 55.5. The molecule has 7 rings (SSSR count). The number of hydrogen-bond acceptors (Lipinski definition) is 13. The van der Waals surface area contributed by atoms with E-state index in [1.165, 1.54) is 70.5 Å². The smallest absolute Gasteiger partial charge is 0.388 e. The summed E-state index contributed by atoms with van der Waals surface area (Å²) in [4.78, 5) is 22.8. The summed E-state index contributed by atoms with van der Waals surface area (Å²) in [5, 5.41) is 22.1. The van der Waals surface area contributed by atoms with E-state index in [0.717, 1.165) is 27.1 Å². The van der Waals surface area contributed by atoms with E-state index in [1.54, 1.807) is 55.7 Å². The van der Waals surface area contributed by atoms with E-state index >= 15 is 0 Å². The molecule has 5 heterocycles. The standard InChI is InChI=1S/C22H26FN5O3S.C16H19FN2O.C14H19N5O3S/c1-13(2)18-11-17(23)12-19(16-6-8-24-15(5)10-16)21(18)25-22(29)27-32(30,31)20-7-9-28(26-20)14(3)4;1-4-20-15-7-11(5-6-19-15)14-9-12(17)8-13(10(2)3)16(14)18;1-11(2)19-10-7-13(15-19)23(21,22)16-14(20)18-8-5-12(6-9-18)17(3)4/h6-14H,1-5H3,(H2,25,27,29);5-10H,4,18H2,1-3H3;5-11H,1-4H3. The van der Waals surface area contributed by atoms with E-state index in [0.29, 0.717) is 46.1 Å². The number of rotatable bonds is 14. The first-order valence-electron chi connectivity index (χ1n) is 23.8. The molecule has 0 radical (unpaired) electrons. The summed E-state index contributed by atoms with van der Waals surface area (Å²) in [7, 11) is -4.61. The number of carbonyl (C=O) groups is 1. The zero-order valence-corrected chi connectivity index (χ0v) is 45.6. The van der Waals surface area contributed by atoms with Crippen molar-refractivity contribution >= 4 is 49.2 Å². The number of nitrogens with zero attached hydrogens (tertiary/aromatic N) is 9. The minimum absolute atomic E-state index is 0.0163. The maximum Gasteiger partial charge on any atom is 0.388 e. The number of amides is 2. The molecule has 4 N–H and O–H groups in total. The molecule has 2 aromatic carbocycles. The van der Waals surface area contributed by atoms with Gasteiger partial charge in [-0.05, 0) is 130 Å². The van der Waals surface area contributed by atoms with Crippen LogP contribution in [0.3, 0.4) is 0 Å². The van der Waals surface area contributed by atoms with E-state index in [4.69, 9.17) is 10.5 Å². The van der Waals surface area contributed by atoms with E-state index < -0.39 is 37.9 Å². The number of nitrogens with one attached hydrogen (secondary N) is 2. The van der Waals surface area contributed by atoms with Crippen molar-refractivity contribution in [3.8, 4) is 28.1 Å². The highest BCUT2D eigenvalue weighted by Crippen LogP contribution is 2.37. The summed E-state index contributed by atoms with van der Waals surface area (Å²) in [6.45, 7) is 19.4. The topological polar surface area (TPSA) is 249 Å². The molecule has 0 aliphatic rings. The first-order chi connectivity index (χ1) is 35.2. The Kier molecular flexibility index (Phi) is 19.3. The summed E-state index contributed by atoms with van der Waals surface area (Å²) in [5.74, 6) is -0.206. The lowest BCUT2D eigenvalue weighted by atomic mass is 9.94. The minimum atomic E-state index is -4.20. The molecule has 7 aromatic rings. The van der Waals surface area contributed by atoms with Gasteiger partial charge >= 0.3 is 16.1 Å². The Bertz CT molecular complexity index is 3360. The monoisotopic (exact) mass is 1070 g/mol. The molecule has 0 fully saturated rings. The molecule has 0 aliphatic heterocycles. The lowest BCUT2D eigenvalue weighted by molar-refractivity contribution is -0.613. The number of aromatic nitrogens is 7. The fourth-order valence-electron chi connectivity index (χ4n) is 7.17. The number of sulfonamides is 2. The first-order valence-corrected chi connectivity index (χ1v) is 26.7. The van der Waals surface area contributed by atoms with Gasteiger partial charge in [-0.25, -0.2) is 27.8 Å². The lowest BCUT2D eigenvalue weighted by Crippen LogP contribution is -2.51. The predicted octanol–water partition coefficient (Wildman–Crippen LogP) is 8.37. The van der Waals surface area contributed by atoms with Crippen LogP contribution in [0.1, 0.15) is 103 Å². The number of nitrogens with two attached hydrogens (primary N) is 1. The molecular weight excluding hydrogens is 1010 g/mol. The van der Waals surface area contributed by atoms with E-state index in [-0.39, 0.29) is 39.8 Å². The van der Waals surface area contributed by atoms with Gasteiger partial charge in [0.25, 0.3) is 16.0 Å². The van der Waals surface area contributed by atoms with Gasteiger partial charge in [-0.15, -0.1) is 0 Å². The second-order valence-corrected chi connectivity index (χ2v) is 21.6. The second kappa shape index (κ2) is 25.0. The van der Waals surface area contributed by atoms with Crippen molar-refractivity contribution < 1.29 is 44.8 Å². The average Bonchev–Trinajstić information content (AvgIpc) is 4.07. The van der Waals surface area contributed by atoms with Gasteiger partial charge in [-0.3, -0.25) is 14.3 Å². The largest absolute Gasteiger partial charge is 0.806 e. The zero-order valence-electron chi connectivity index (χ0n) is 43.9. The van der Waals surface area contributed by atoms with Gasteiger partial charge in [-0.1, -0.05) is 27.7 Å². The number of pyridine rings is 3. The minimum Gasteiger partial charge on any atom is -0.806 e. The summed E-state index contributed by atoms with van der Waals surface area (Å²) < 4.78 is 92.5. The number of carbonyl (C=O) groups excluding carboxylic acids is 1. The maximum atomic E-state index is 14.4. The number of anilines is 3. The summed E-state index contributed by atoms with van der Waals surface area (Å²) in [6.07, 6.45) is 9.21. The number of aryl methyl sites for hydroxylation is 1. The number of urea groups is 1. The van der Waals surface area contributed by atoms with E-state index in [1.807, 2.05) is 86.0 Å². The lowest BCUT2D eigenvalue weighted by Gasteiger charge is -2.19. The number of benzene rings is 2. The van der Waals surface area contributed by atoms with E-state index in [2.05, 4.69) is 29.9 Å². The summed E-state index contributed by atoms with van der Waals surface area (Å²) >= 11 is 0. The van der Waals surface area contributed by atoms with E-state index in [9.17, 15) is 35.5 Å². The fourth-order valence-corrected chi connectivity index (χ4v) is 8.84. The number of ether oxygens (including phenoxy) is 1. The summed E-state index contributed by atoms with van der Waals surface area (Å²) in [5.41, 5.74) is 12.6. The molecule has 0 atom stereocenters. The molecule has 23 heteroatoms. The molecule has 0 bridgehead atoms. The van der Waals surface area contributed by atoms with Crippen molar-refractivity contribution in [2.75, 3.05) is 36.7 Å². The van der Waals surface area contributed by atoms with Gasteiger partial charge in [0.15, 0.2) is 5.03 Å². The number of nitrogen functional groups attached to an aromatic ring is 1. The Morgan fingerprint density at radius 3 is 1.84 bits per heavy atom. The molecule has 19 nitrogen and oxygen atoms in total. The van der Waals surface area contributed by atoms with Crippen LogP contribution in [-0.2, 0) is 20.0 Å². The Balaban J connectivity index is 0.000000215. The molecular formula is C52H64F2N12O7S2. The van der Waals surface area contributed by atoms with Gasteiger partial charge in [0, 0.05) is 102 Å². The van der Waals surface area contributed by atoms with Crippen molar-refractivity contribution in [1.29, 1.82) is 0 Å². The summed E-state index contributed by atoms with van der Waals surface area (Å²) in [6, 6.07) is 16.8. The third-order valence-corrected chi connectivity index (χ3v) is 13.4. The predicted molar refractivity (Wildman–Crippen MR) is 283 cm³/mol. The van der Waals surface area contributed by atoms with Gasteiger partial charge in [0.1, 0.15) is 11.6 Å². The highest BCUT2D eigenvalue weighted by Gasteiger charge is 2.26. The number of halogens is 2. The fraction of sp³-hybridized carbons (Fsp3) is 0.327. The van der Waals surface area contributed by atoms with Crippen molar-refractivity contribution in [2.24, 2.45) is 4.40 Å². The van der Waals surface area contributed by atoms with Crippen molar-refractivity contribution in [3.05, 3.63) is 138 Å². The molecule has 5 aromatic heterocycles. The van der Waals surface area contributed by atoms with Crippen LogP contribution < -0.4 is 35.1 Å². The molecule has 75 heavy (non-hydrogen) atoms. The van der Waals surface area contributed by atoms with Crippen molar-refractivity contribution in [3.63, 3.8) is 0 Å². The van der Waals surface area contributed by atoms with Crippen LogP contribution in [0, 0.1) is 18.6 Å². The first kappa shape index (κ1) is 58.1. The molecule has 0 aliphatic carbocycles. The maximum absolute atomic E-state index is 14.4. The van der Waals surface area contributed by atoms with Gasteiger partial charge in [0.2, 0.25) is 10.9 Å². The molecule has 0 unspecified atom stereocenters. The SMILES string of the molecule is CC(C)n1ccc(S(=O)(=O)N=C([O-])[n+]2ccc(N(C)C)cc2)n1.CCOc1cc(-c2cc(F)cc(C(C)C)c2N)ccn1.Cc1cc(-c2cc(F)cc(C(C)C)c2NC(=O)NS(=O)(=O)c2ccn(C(C)C)n2)ccn1. The van der Waals surface area contributed by atoms with Gasteiger partial charge < -0.3 is 25.8 Å². The Hall–Kier alpha value is -7.79. The van der Waals surface area contributed by atoms with Crippen LogP contribution in [0.4, 0.5) is 30.6 Å².